The lowest BCUT2D eigenvalue weighted by molar-refractivity contribution is -0.151. The monoisotopic (exact) mass is 575 g/mol. The minimum absolute atomic E-state index is 0.0671. The number of ether oxygens (including phenoxy) is 2. The Labute approximate surface area is 224 Å². The van der Waals surface area contributed by atoms with Crippen LogP contribution in [0, 0.1) is 5.92 Å². The molecule has 0 spiro atoms. The number of aliphatic hydroxyl groups excluding tert-OH is 1. The molecule has 0 aliphatic carbocycles. The molecule has 2 heterocycles. The van der Waals surface area contributed by atoms with Crippen LogP contribution in [0.4, 0.5) is 10.2 Å². The van der Waals surface area contributed by atoms with Crippen molar-refractivity contribution in [3.8, 4) is 5.75 Å². The second-order valence-electron chi connectivity index (χ2n) is 9.40. The second-order valence-corrected chi connectivity index (χ2v) is 12.1. The SMILES string of the molecule is CC(C)OC(=O)[C@H](C)CP(=O)(Oc1ccccc1)O[C@@H](C)[C@H]1O[C@@H](n2ccc(N)nc2=O)C(Cl)(CF)[C@H]1O. The van der Waals surface area contributed by atoms with Crippen LogP contribution in [-0.2, 0) is 23.4 Å². The van der Waals surface area contributed by atoms with Gasteiger partial charge in [0.2, 0.25) is 0 Å². The van der Waals surface area contributed by atoms with Crippen LogP contribution in [0.2, 0.25) is 0 Å². The molecule has 11 nitrogen and oxygen atoms in total. The van der Waals surface area contributed by atoms with Crippen LogP contribution in [0.1, 0.15) is 33.9 Å². The molecule has 3 rings (SSSR count). The van der Waals surface area contributed by atoms with Crippen LogP contribution in [0.5, 0.6) is 5.75 Å². The summed E-state index contributed by atoms with van der Waals surface area (Å²) in [7, 11) is -4.11. The van der Waals surface area contributed by atoms with Gasteiger partial charge in [0.15, 0.2) is 6.23 Å². The molecule has 1 aromatic heterocycles. The fourth-order valence-electron chi connectivity index (χ4n) is 3.98. The third-order valence-electron chi connectivity index (χ3n) is 5.84. The van der Waals surface area contributed by atoms with E-state index in [0.29, 0.717) is 0 Å². The van der Waals surface area contributed by atoms with Gasteiger partial charge in [-0.15, -0.1) is 11.6 Å². The number of halogens is 2. The fraction of sp³-hybridized carbons (Fsp3) is 0.542. The quantitative estimate of drug-likeness (QED) is 0.232. The van der Waals surface area contributed by atoms with Crippen LogP contribution >= 0.6 is 19.2 Å². The summed E-state index contributed by atoms with van der Waals surface area (Å²) in [6.45, 7) is 5.03. The Kier molecular flexibility index (Phi) is 9.59. The first-order chi connectivity index (χ1) is 17.8. The van der Waals surface area contributed by atoms with Gasteiger partial charge in [0.25, 0.3) is 0 Å². The molecule has 2 aromatic rings. The van der Waals surface area contributed by atoms with Crippen LogP contribution in [0.3, 0.4) is 0 Å². The van der Waals surface area contributed by atoms with E-state index in [9.17, 15) is 23.7 Å². The van der Waals surface area contributed by atoms with Crippen molar-refractivity contribution in [2.24, 2.45) is 5.92 Å². The zero-order chi connectivity index (χ0) is 28.3. The van der Waals surface area contributed by atoms with Crippen LogP contribution in [0.15, 0.2) is 47.4 Å². The minimum atomic E-state index is -4.11. The Morgan fingerprint density at radius 1 is 1.29 bits per heavy atom. The van der Waals surface area contributed by atoms with Crippen molar-refractivity contribution in [3.63, 3.8) is 0 Å². The molecule has 7 atom stereocenters. The number of hydrogen-bond acceptors (Lipinski definition) is 10. The fourth-order valence-corrected chi connectivity index (χ4v) is 6.36. The van der Waals surface area contributed by atoms with E-state index >= 15 is 0 Å². The van der Waals surface area contributed by atoms with Gasteiger partial charge in [0, 0.05) is 6.20 Å². The molecule has 0 saturated carbocycles. The topological polar surface area (TPSA) is 152 Å². The number of alkyl halides is 2. The molecular weight excluding hydrogens is 544 g/mol. The first kappa shape index (κ1) is 30.0. The Bertz CT molecular complexity index is 1220. The van der Waals surface area contributed by atoms with E-state index in [2.05, 4.69) is 4.98 Å². The molecule has 38 heavy (non-hydrogen) atoms. The predicted octanol–water partition coefficient (Wildman–Crippen LogP) is 3.30. The molecule has 14 heteroatoms. The van der Waals surface area contributed by atoms with E-state index in [-0.39, 0.29) is 23.8 Å². The van der Waals surface area contributed by atoms with Gasteiger partial charge in [-0.3, -0.25) is 13.9 Å². The van der Waals surface area contributed by atoms with Crippen molar-refractivity contribution < 1.29 is 37.4 Å². The zero-order valence-corrected chi connectivity index (χ0v) is 23.0. The van der Waals surface area contributed by atoms with Crippen LogP contribution in [-0.4, -0.2) is 62.8 Å². The molecule has 1 fully saturated rings. The molecule has 1 aliphatic heterocycles. The molecular formula is C24H32ClFN3O8P. The molecule has 0 amide bonds. The molecule has 1 saturated heterocycles. The van der Waals surface area contributed by atoms with E-state index in [1.165, 1.54) is 26.1 Å². The van der Waals surface area contributed by atoms with Crippen molar-refractivity contribution >= 4 is 31.0 Å². The van der Waals surface area contributed by atoms with Gasteiger partial charge in [0.1, 0.15) is 35.3 Å². The molecule has 1 aliphatic rings. The van der Waals surface area contributed by atoms with Gasteiger partial charge < -0.3 is 24.8 Å². The van der Waals surface area contributed by atoms with E-state index in [4.69, 9.17) is 35.9 Å². The summed E-state index contributed by atoms with van der Waals surface area (Å²) in [5.74, 6) is -1.33. The largest absolute Gasteiger partial charge is 0.463 e. The second kappa shape index (κ2) is 12.1. The van der Waals surface area contributed by atoms with Crippen molar-refractivity contribution in [3.05, 3.63) is 53.1 Å². The lowest BCUT2D eigenvalue weighted by Crippen LogP contribution is -2.47. The number of nitrogens with two attached hydrogens (primary N) is 1. The highest BCUT2D eigenvalue weighted by atomic mass is 35.5. The maximum absolute atomic E-state index is 14.2. The highest BCUT2D eigenvalue weighted by Gasteiger charge is 2.59. The maximum Gasteiger partial charge on any atom is 0.380 e. The van der Waals surface area contributed by atoms with Crippen LogP contribution in [0.25, 0.3) is 0 Å². The van der Waals surface area contributed by atoms with Crippen molar-refractivity contribution in [2.75, 3.05) is 18.6 Å². The number of esters is 1. The average Bonchev–Trinajstić information content (AvgIpc) is 3.10. The lowest BCUT2D eigenvalue weighted by Gasteiger charge is -2.29. The molecule has 3 N–H and O–H groups in total. The van der Waals surface area contributed by atoms with E-state index in [1.807, 2.05) is 0 Å². The summed E-state index contributed by atoms with van der Waals surface area (Å²) >= 11 is 6.45. The highest BCUT2D eigenvalue weighted by molar-refractivity contribution is 7.54. The number of para-hydroxylation sites is 1. The molecule has 1 aromatic carbocycles. The van der Waals surface area contributed by atoms with Gasteiger partial charge in [-0.05, 0) is 39.0 Å². The van der Waals surface area contributed by atoms with E-state index < -0.39 is 61.3 Å². The minimum Gasteiger partial charge on any atom is -0.463 e. The number of nitrogen functional groups attached to an aromatic ring is 1. The van der Waals surface area contributed by atoms with Gasteiger partial charge in [0.05, 0.1) is 24.3 Å². The number of carbonyl (C=O) groups is 1. The van der Waals surface area contributed by atoms with Crippen molar-refractivity contribution in [1.82, 2.24) is 9.55 Å². The van der Waals surface area contributed by atoms with Gasteiger partial charge in [-0.25, -0.2) is 13.8 Å². The molecule has 0 bridgehead atoms. The van der Waals surface area contributed by atoms with Gasteiger partial charge in [-0.2, -0.15) is 4.98 Å². The predicted molar refractivity (Wildman–Crippen MR) is 138 cm³/mol. The Hall–Kier alpha value is -2.50. The first-order valence-corrected chi connectivity index (χ1v) is 14.1. The number of hydrogen-bond donors (Lipinski definition) is 2. The molecule has 2 unspecified atom stereocenters. The summed E-state index contributed by atoms with van der Waals surface area (Å²) < 4.78 is 51.6. The number of rotatable bonds is 11. The zero-order valence-electron chi connectivity index (χ0n) is 21.4. The van der Waals surface area contributed by atoms with Gasteiger partial charge >= 0.3 is 19.3 Å². The Morgan fingerprint density at radius 2 is 1.95 bits per heavy atom. The third kappa shape index (κ3) is 6.73. The van der Waals surface area contributed by atoms with Crippen molar-refractivity contribution in [2.45, 2.75) is 63.2 Å². The normalized spacial score (nSPS) is 26.5. The summed E-state index contributed by atoms with van der Waals surface area (Å²) in [6.07, 6.45) is -5.26. The number of aliphatic hydroxyl groups is 1. The summed E-state index contributed by atoms with van der Waals surface area (Å²) in [4.78, 5) is 26.3. The number of carbonyl (C=O) groups excluding carboxylic acids is 1. The lowest BCUT2D eigenvalue weighted by atomic mass is 9.97. The molecule has 210 valence electrons. The summed E-state index contributed by atoms with van der Waals surface area (Å²) in [5.41, 5.74) is 4.66. The van der Waals surface area contributed by atoms with Crippen LogP contribution < -0.4 is 15.9 Å². The highest BCUT2D eigenvalue weighted by Crippen LogP contribution is 2.53. The number of anilines is 1. The first-order valence-electron chi connectivity index (χ1n) is 12.0. The smallest absolute Gasteiger partial charge is 0.380 e. The number of benzene rings is 1. The standard InChI is InChI=1S/C24H32ClFN3O8P/c1-14(2)34-21(31)15(3)12-38(33,37-17-8-6-5-7-9-17)36-16(4)19-20(30)24(25,13-26)22(35-19)29-11-10-18(27)28-23(29)32/h5-11,14-16,19-20,22,30H,12-13H2,1-4H3,(H2,27,28,32)/t15-,16+,19-,20+,22-,24?,38?/m1/s1. The van der Waals surface area contributed by atoms with E-state index in [1.54, 1.807) is 44.2 Å². The molecule has 0 radical (unpaired) electrons. The Balaban J connectivity index is 1.88. The number of aromatic nitrogens is 2. The third-order valence-corrected chi connectivity index (χ3v) is 8.49. The summed E-state index contributed by atoms with van der Waals surface area (Å²) in [6, 6.07) is 9.46. The summed E-state index contributed by atoms with van der Waals surface area (Å²) in [5, 5.41) is 11.0. The average molecular weight is 576 g/mol. The number of nitrogens with zero attached hydrogens (tertiary/aromatic N) is 2. The van der Waals surface area contributed by atoms with Crippen molar-refractivity contribution in [1.29, 1.82) is 0 Å². The maximum atomic E-state index is 14.2. The van der Waals surface area contributed by atoms with Gasteiger partial charge in [-0.1, -0.05) is 25.1 Å². The Morgan fingerprint density at radius 3 is 2.53 bits per heavy atom. The van der Waals surface area contributed by atoms with E-state index in [0.717, 1.165) is 4.57 Å².